The monoisotopic (exact) mass is 282 g/mol. The smallest absolute Gasteiger partial charge is 0.261 e. The number of amides is 2. The van der Waals surface area contributed by atoms with Gasteiger partial charge in [0.05, 0.1) is 16.8 Å². The van der Waals surface area contributed by atoms with E-state index < -0.39 is 0 Å². The Morgan fingerprint density at radius 2 is 1.86 bits per heavy atom. The van der Waals surface area contributed by atoms with Gasteiger partial charge in [-0.3, -0.25) is 14.5 Å². The number of nitrogens with zero attached hydrogens (tertiary/aromatic N) is 2. The molecule has 0 saturated carbocycles. The van der Waals surface area contributed by atoms with Crippen molar-refractivity contribution < 1.29 is 9.59 Å². The van der Waals surface area contributed by atoms with E-state index >= 15 is 0 Å². The molecule has 6 heteroatoms. The number of nitrogens with one attached hydrogen (secondary N) is 1. The largest absolute Gasteiger partial charge is 0.396 e. The molecule has 106 valence electrons. The maximum absolute atomic E-state index is 12.0. The molecule has 0 spiro atoms. The molecule has 0 aliphatic carbocycles. The van der Waals surface area contributed by atoms with Crippen LogP contribution in [0, 0.1) is 6.92 Å². The molecule has 1 aliphatic heterocycles. The van der Waals surface area contributed by atoms with Gasteiger partial charge in [-0.15, -0.1) is 0 Å². The van der Waals surface area contributed by atoms with Gasteiger partial charge in [0.15, 0.2) is 5.82 Å². The summed E-state index contributed by atoms with van der Waals surface area (Å²) >= 11 is 0. The van der Waals surface area contributed by atoms with E-state index in [-0.39, 0.29) is 11.8 Å². The van der Waals surface area contributed by atoms with Gasteiger partial charge in [0.1, 0.15) is 0 Å². The standard InChI is InChI=1S/C15H14N4O2/c1-8-5-6-17-13(12(8)16)18-9-3-4-10-11(7-9)15(21)19(2)14(10)20/h3-7H,16H2,1-2H3,(H,17,18). The Kier molecular flexibility index (Phi) is 2.86. The fourth-order valence-corrected chi connectivity index (χ4v) is 2.25. The summed E-state index contributed by atoms with van der Waals surface area (Å²) in [6.45, 7) is 1.89. The Bertz CT molecular complexity index is 770. The number of aromatic nitrogens is 1. The van der Waals surface area contributed by atoms with Crippen LogP contribution in [0.5, 0.6) is 0 Å². The first-order valence-corrected chi connectivity index (χ1v) is 6.43. The molecule has 3 rings (SSSR count). The predicted octanol–water partition coefficient (Wildman–Crippen LogP) is 1.94. The Morgan fingerprint density at radius 3 is 2.62 bits per heavy atom. The quantitative estimate of drug-likeness (QED) is 0.822. The zero-order valence-electron chi connectivity index (χ0n) is 11.7. The number of benzene rings is 1. The maximum atomic E-state index is 12.0. The highest BCUT2D eigenvalue weighted by Crippen LogP contribution is 2.28. The number of pyridine rings is 1. The van der Waals surface area contributed by atoms with Gasteiger partial charge in [0.25, 0.3) is 11.8 Å². The summed E-state index contributed by atoms with van der Waals surface area (Å²) in [5, 5.41) is 3.07. The molecule has 1 aromatic carbocycles. The van der Waals surface area contributed by atoms with Gasteiger partial charge < -0.3 is 11.1 Å². The van der Waals surface area contributed by atoms with Gasteiger partial charge in [0.2, 0.25) is 0 Å². The van der Waals surface area contributed by atoms with Crippen molar-refractivity contribution in [2.45, 2.75) is 6.92 Å². The molecule has 2 aromatic rings. The van der Waals surface area contributed by atoms with Crippen LogP contribution in [-0.2, 0) is 0 Å². The van der Waals surface area contributed by atoms with Crippen LogP contribution in [0.15, 0.2) is 30.5 Å². The van der Waals surface area contributed by atoms with E-state index in [2.05, 4.69) is 10.3 Å². The highest BCUT2D eigenvalue weighted by atomic mass is 16.2. The molecule has 0 radical (unpaired) electrons. The van der Waals surface area contributed by atoms with E-state index in [1.807, 2.05) is 13.0 Å². The first kappa shape index (κ1) is 13.1. The zero-order chi connectivity index (χ0) is 15.1. The van der Waals surface area contributed by atoms with Crippen molar-refractivity contribution in [1.82, 2.24) is 9.88 Å². The SMILES string of the molecule is Cc1ccnc(Nc2ccc3c(c2)C(=O)N(C)C3=O)c1N. The second-order valence-corrected chi connectivity index (χ2v) is 4.94. The second kappa shape index (κ2) is 4.59. The van der Waals surface area contributed by atoms with Crippen LogP contribution in [-0.4, -0.2) is 28.7 Å². The van der Waals surface area contributed by atoms with Crippen LogP contribution in [0.25, 0.3) is 0 Å². The van der Waals surface area contributed by atoms with Crippen LogP contribution in [0.1, 0.15) is 26.3 Å². The van der Waals surface area contributed by atoms with E-state index in [0.29, 0.717) is 28.3 Å². The number of nitrogen functional groups attached to an aromatic ring is 1. The molecule has 2 amide bonds. The number of imide groups is 1. The van der Waals surface area contributed by atoms with E-state index in [0.717, 1.165) is 10.5 Å². The number of anilines is 3. The highest BCUT2D eigenvalue weighted by Gasteiger charge is 2.32. The lowest BCUT2D eigenvalue weighted by molar-refractivity contribution is 0.0693. The summed E-state index contributed by atoms with van der Waals surface area (Å²) in [5.41, 5.74) is 8.89. The number of carbonyl (C=O) groups is 2. The van der Waals surface area contributed by atoms with Gasteiger partial charge in [-0.1, -0.05) is 0 Å². The van der Waals surface area contributed by atoms with Crippen molar-refractivity contribution >= 4 is 29.0 Å². The Balaban J connectivity index is 1.98. The third-order valence-corrected chi connectivity index (χ3v) is 3.56. The van der Waals surface area contributed by atoms with E-state index in [9.17, 15) is 9.59 Å². The first-order valence-electron chi connectivity index (χ1n) is 6.43. The van der Waals surface area contributed by atoms with Crippen molar-refractivity contribution in [3.63, 3.8) is 0 Å². The van der Waals surface area contributed by atoms with E-state index in [1.54, 1.807) is 24.4 Å². The molecule has 6 nitrogen and oxygen atoms in total. The lowest BCUT2D eigenvalue weighted by atomic mass is 10.1. The van der Waals surface area contributed by atoms with E-state index in [4.69, 9.17) is 5.73 Å². The lowest BCUT2D eigenvalue weighted by Gasteiger charge is -2.10. The minimum absolute atomic E-state index is 0.283. The summed E-state index contributed by atoms with van der Waals surface area (Å²) in [7, 11) is 1.47. The molecule has 2 heterocycles. The number of nitrogens with two attached hydrogens (primary N) is 1. The number of aryl methyl sites for hydroxylation is 1. The molecule has 0 atom stereocenters. The predicted molar refractivity (Wildman–Crippen MR) is 79.5 cm³/mol. The van der Waals surface area contributed by atoms with Gasteiger partial charge in [-0.2, -0.15) is 0 Å². The van der Waals surface area contributed by atoms with Crippen molar-refractivity contribution in [2.75, 3.05) is 18.1 Å². The molecule has 1 aliphatic rings. The van der Waals surface area contributed by atoms with Gasteiger partial charge in [-0.25, -0.2) is 4.98 Å². The van der Waals surface area contributed by atoms with Crippen LogP contribution >= 0.6 is 0 Å². The summed E-state index contributed by atoms with van der Waals surface area (Å²) in [5.74, 6) is -0.0568. The van der Waals surface area contributed by atoms with Crippen molar-refractivity contribution in [3.05, 3.63) is 47.2 Å². The fraction of sp³-hybridized carbons (Fsp3) is 0.133. The van der Waals surface area contributed by atoms with Crippen molar-refractivity contribution in [1.29, 1.82) is 0 Å². The molecule has 1 aromatic heterocycles. The van der Waals surface area contributed by atoms with Gasteiger partial charge >= 0.3 is 0 Å². The Labute approximate surface area is 121 Å². The molecule has 21 heavy (non-hydrogen) atoms. The molecule has 0 fully saturated rings. The zero-order valence-corrected chi connectivity index (χ0v) is 11.7. The minimum atomic E-state index is -0.302. The van der Waals surface area contributed by atoms with Crippen LogP contribution in [0.3, 0.4) is 0 Å². The third kappa shape index (κ3) is 2.01. The van der Waals surface area contributed by atoms with Crippen molar-refractivity contribution in [2.24, 2.45) is 0 Å². The molecular formula is C15H14N4O2. The van der Waals surface area contributed by atoms with Crippen molar-refractivity contribution in [3.8, 4) is 0 Å². The number of hydrogen-bond acceptors (Lipinski definition) is 5. The maximum Gasteiger partial charge on any atom is 0.261 e. The average Bonchev–Trinajstić information content (AvgIpc) is 2.69. The first-order chi connectivity index (χ1) is 9.99. The third-order valence-electron chi connectivity index (χ3n) is 3.56. The Hall–Kier alpha value is -2.89. The lowest BCUT2D eigenvalue weighted by Crippen LogP contribution is -2.24. The summed E-state index contributed by atoms with van der Waals surface area (Å²) in [6.07, 6.45) is 1.66. The van der Waals surface area contributed by atoms with Crippen LogP contribution in [0.2, 0.25) is 0 Å². The Morgan fingerprint density at radius 1 is 1.14 bits per heavy atom. The fourth-order valence-electron chi connectivity index (χ4n) is 2.25. The normalized spacial score (nSPS) is 13.5. The molecule has 3 N–H and O–H groups in total. The number of rotatable bonds is 2. The highest BCUT2D eigenvalue weighted by molar-refractivity contribution is 6.21. The number of carbonyl (C=O) groups excluding carboxylic acids is 2. The summed E-state index contributed by atoms with van der Waals surface area (Å²) in [6, 6.07) is 6.82. The topological polar surface area (TPSA) is 88.3 Å². The molecular weight excluding hydrogens is 268 g/mol. The average molecular weight is 282 g/mol. The molecule has 0 unspecified atom stereocenters. The number of fused-ring (bicyclic) bond motifs is 1. The molecule has 0 saturated heterocycles. The van der Waals surface area contributed by atoms with Gasteiger partial charge in [0, 0.05) is 18.9 Å². The second-order valence-electron chi connectivity index (χ2n) is 4.94. The van der Waals surface area contributed by atoms with Crippen LogP contribution in [0.4, 0.5) is 17.2 Å². The molecule has 0 bridgehead atoms. The van der Waals surface area contributed by atoms with E-state index in [1.165, 1.54) is 7.05 Å². The van der Waals surface area contributed by atoms with Gasteiger partial charge in [-0.05, 0) is 36.8 Å². The van der Waals surface area contributed by atoms with Crippen LogP contribution < -0.4 is 11.1 Å². The summed E-state index contributed by atoms with van der Waals surface area (Å²) < 4.78 is 0. The summed E-state index contributed by atoms with van der Waals surface area (Å²) in [4.78, 5) is 29.1. The number of hydrogen-bond donors (Lipinski definition) is 2. The minimum Gasteiger partial charge on any atom is -0.396 e.